The van der Waals surface area contributed by atoms with E-state index in [2.05, 4.69) is 11.4 Å². The van der Waals surface area contributed by atoms with Gasteiger partial charge in [-0.25, -0.2) is 0 Å². The van der Waals surface area contributed by atoms with Gasteiger partial charge in [0.05, 0.1) is 12.5 Å². The van der Waals surface area contributed by atoms with Crippen LogP contribution in [0.2, 0.25) is 0 Å². The summed E-state index contributed by atoms with van der Waals surface area (Å²) < 4.78 is 5.07. The van der Waals surface area contributed by atoms with Crippen molar-refractivity contribution >= 4 is 17.3 Å². The molecule has 0 amide bonds. The van der Waals surface area contributed by atoms with Gasteiger partial charge in [0.1, 0.15) is 0 Å². The van der Waals surface area contributed by atoms with Crippen LogP contribution in [0.1, 0.15) is 36.1 Å². The van der Waals surface area contributed by atoms with Crippen molar-refractivity contribution in [2.75, 3.05) is 6.61 Å². The molecule has 1 aromatic rings. The van der Waals surface area contributed by atoms with E-state index in [0.717, 1.165) is 19.3 Å². The van der Waals surface area contributed by atoms with Crippen LogP contribution in [0.25, 0.3) is 0 Å². The molecular formula is C11H14O2S. The molecule has 0 bridgehead atoms. The van der Waals surface area contributed by atoms with Gasteiger partial charge in [-0.1, -0.05) is 0 Å². The van der Waals surface area contributed by atoms with Gasteiger partial charge in [-0.3, -0.25) is 4.79 Å². The average molecular weight is 210 g/mol. The number of carbonyl (C=O) groups excluding carboxylic acids is 1. The lowest BCUT2D eigenvalue weighted by Crippen LogP contribution is -2.19. The van der Waals surface area contributed by atoms with Crippen molar-refractivity contribution in [2.45, 2.75) is 32.1 Å². The van der Waals surface area contributed by atoms with E-state index in [4.69, 9.17) is 4.74 Å². The summed E-state index contributed by atoms with van der Waals surface area (Å²) in [5, 5.41) is 2.07. The Morgan fingerprint density at radius 3 is 3.36 bits per heavy atom. The Balaban J connectivity index is 2.19. The van der Waals surface area contributed by atoms with Crippen molar-refractivity contribution < 1.29 is 9.53 Å². The number of esters is 1. The van der Waals surface area contributed by atoms with Gasteiger partial charge >= 0.3 is 5.97 Å². The molecule has 1 unspecified atom stereocenters. The van der Waals surface area contributed by atoms with Crippen LogP contribution in [0.15, 0.2) is 11.4 Å². The highest BCUT2D eigenvalue weighted by atomic mass is 32.1. The first-order valence-corrected chi connectivity index (χ1v) is 5.93. The van der Waals surface area contributed by atoms with Gasteiger partial charge in [0.2, 0.25) is 0 Å². The van der Waals surface area contributed by atoms with E-state index in [1.54, 1.807) is 11.3 Å². The third-order valence-electron chi connectivity index (χ3n) is 2.62. The zero-order chi connectivity index (χ0) is 9.97. The van der Waals surface area contributed by atoms with Gasteiger partial charge in [-0.15, -0.1) is 11.3 Å². The first kappa shape index (κ1) is 9.71. The summed E-state index contributed by atoms with van der Waals surface area (Å²) in [5.74, 6) is -0.0446. The average Bonchev–Trinajstić information content (AvgIpc) is 2.65. The maximum absolute atomic E-state index is 11.6. The Kier molecular flexibility index (Phi) is 2.87. The molecule has 0 radical (unpaired) electrons. The fraction of sp³-hybridized carbons (Fsp3) is 0.545. The summed E-state index contributed by atoms with van der Waals surface area (Å²) in [6.07, 6.45) is 3.18. The number of ether oxygens (including phenoxy) is 1. The summed E-state index contributed by atoms with van der Waals surface area (Å²) >= 11 is 1.76. The third kappa shape index (κ3) is 1.69. The summed E-state index contributed by atoms with van der Waals surface area (Å²) in [6.45, 7) is 2.34. The second-order valence-electron chi connectivity index (χ2n) is 3.50. The number of hydrogen-bond acceptors (Lipinski definition) is 3. The molecule has 1 atom stereocenters. The fourth-order valence-electron chi connectivity index (χ4n) is 1.97. The van der Waals surface area contributed by atoms with Crippen LogP contribution in [-0.2, 0) is 16.0 Å². The lowest BCUT2D eigenvalue weighted by molar-refractivity contribution is -0.145. The second-order valence-corrected chi connectivity index (χ2v) is 4.50. The van der Waals surface area contributed by atoms with Crippen LogP contribution in [-0.4, -0.2) is 12.6 Å². The fourth-order valence-corrected chi connectivity index (χ4v) is 2.96. The smallest absolute Gasteiger partial charge is 0.313 e. The number of fused-ring (bicyclic) bond motifs is 1. The van der Waals surface area contributed by atoms with E-state index >= 15 is 0 Å². The van der Waals surface area contributed by atoms with E-state index in [1.807, 2.05) is 6.92 Å². The SMILES string of the molecule is CCOC(=O)C1CCCc2sccc21. The topological polar surface area (TPSA) is 26.3 Å². The van der Waals surface area contributed by atoms with Crippen molar-refractivity contribution in [3.05, 3.63) is 21.9 Å². The van der Waals surface area contributed by atoms with Crippen LogP contribution in [0.4, 0.5) is 0 Å². The molecule has 1 heterocycles. The predicted molar refractivity (Wildman–Crippen MR) is 56.6 cm³/mol. The maximum Gasteiger partial charge on any atom is 0.313 e. The quantitative estimate of drug-likeness (QED) is 0.702. The molecule has 1 aliphatic carbocycles. The number of rotatable bonds is 2. The standard InChI is InChI=1S/C11H14O2S/c1-2-13-11(12)9-4-3-5-10-8(9)6-7-14-10/h6-7,9H,2-5H2,1H3. The van der Waals surface area contributed by atoms with E-state index in [-0.39, 0.29) is 11.9 Å². The van der Waals surface area contributed by atoms with E-state index in [1.165, 1.54) is 10.4 Å². The largest absolute Gasteiger partial charge is 0.466 e. The Labute approximate surface area is 87.9 Å². The summed E-state index contributed by atoms with van der Waals surface area (Å²) in [7, 11) is 0. The predicted octanol–water partition coefficient (Wildman–Crippen LogP) is 2.73. The molecule has 2 rings (SSSR count). The second kappa shape index (κ2) is 4.13. The van der Waals surface area contributed by atoms with E-state index < -0.39 is 0 Å². The van der Waals surface area contributed by atoms with E-state index in [0.29, 0.717) is 6.61 Å². The number of aryl methyl sites for hydroxylation is 1. The highest BCUT2D eigenvalue weighted by molar-refractivity contribution is 7.10. The lowest BCUT2D eigenvalue weighted by atomic mass is 9.88. The van der Waals surface area contributed by atoms with Gasteiger partial charge in [0.25, 0.3) is 0 Å². The van der Waals surface area contributed by atoms with Gasteiger partial charge in [0.15, 0.2) is 0 Å². The molecule has 0 saturated heterocycles. The zero-order valence-corrected chi connectivity index (χ0v) is 9.10. The summed E-state index contributed by atoms with van der Waals surface area (Å²) in [4.78, 5) is 13.0. The molecule has 3 heteroatoms. The molecule has 0 spiro atoms. The minimum absolute atomic E-state index is 0.00458. The highest BCUT2D eigenvalue weighted by Crippen LogP contribution is 2.35. The maximum atomic E-state index is 11.6. The Bertz CT molecular complexity index is 330. The molecule has 0 N–H and O–H groups in total. The molecule has 0 aliphatic heterocycles. The summed E-state index contributed by atoms with van der Waals surface area (Å²) in [5.41, 5.74) is 1.21. The molecule has 0 fully saturated rings. The third-order valence-corrected chi connectivity index (χ3v) is 3.62. The van der Waals surface area contributed by atoms with Crippen molar-refractivity contribution in [1.29, 1.82) is 0 Å². The molecule has 2 nitrogen and oxygen atoms in total. The Morgan fingerprint density at radius 2 is 2.57 bits per heavy atom. The first-order valence-electron chi connectivity index (χ1n) is 5.06. The monoisotopic (exact) mass is 210 g/mol. The Hall–Kier alpha value is -0.830. The minimum Gasteiger partial charge on any atom is -0.466 e. The van der Waals surface area contributed by atoms with Gasteiger partial charge in [0, 0.05) is 4.88 Å². The van der Waals surface area contributed by atoms with Crippen molar-refractivity contribution in [2.24, 2.45) is 0 Å². The van der Waals surface area contributed by atoms with Crippen molar-refractivity contribution in [3.8, 4) is 0 Å². The van der Waals surface area contributed by atoms with Crippen LogP contribution in [0.3, 0.4) is 0 Å². The van der Waals surface area contributed by atoms with Gasteiger partial charge < -0.3 is 4.74 Å². The molecule has 0 aromatic carbocycles. The van der Waals surface area contributed by atoms with Crippen LogP contribution in [0.5, 0.6) is 0 Å². The van der Waals surface area contributed by atoms with Crippen LogP contribution in [0, 0.1) is 0 Å². The van der Waals surface area contributed by atoms with E-state index in [9.17, 15) is 4.79 Å². The van der Waals surface area contributed by atoms with Crippen molar-refractivity contribution in [3.63, 3.8) is 0 Å². The molecular weight excluding hydrogens is 196 g/mol. The number of thiophene rings is 1. The molecule has 1 aromatic heterocycles. The van der Waals surface area contributed by atoms with Crippen LogP contribution >= 0.6 is 11.3 Å². The van der Waals surface area contributed by atoms with Gasteiger partial charge in [-0.05, 0) is 43.2 Å². The molecule has 14 heavy (non-hydrogen) atoms. The molecule has 1 aliphatic rings. The first-order chi connectivity index (χ1) is 6.83. The van der Waals surface area contributed by atoms with Gasteiger partial charge in [-0.2, -0.15) is 0 Å². The summed E-state index contributed by atoms with van der Waals surface area (Å²) in [6, 6.07) is 2.07. The number of carbonyl (C=O) groups is 1. The van der Waals surface area contributed by atoms with Crippen molar-refractivity contribution in [1.82, 2.24) is 0 Å². The number of hydrogen-bond donors (Lipinski definition) is 0. The zero-order valence-electron chi connectivity index (χ0n) is 8.29. The minimum atomic E-state index is -0.0492. The Morgan fingerprint density at radius 1 is 1.71 bits per heavy atom. The normalized spacial score (nSPS) is 20.2. The lowest BCUT2D eigenvalue weighted by Gasteiger charge is -2.20. The highest BCUT2D eigenvalue weighted by Gasteiger charge is 2.27. The molecule has 76 valence electrons. The molecule has 0 saturated carbocycles. The van der Waals surface area contributed by atoms with Crippen LogP contribution < -0.4 is 0 Å².